The molecule has 0 amide bonds. The molecule has 1 aromatic heterocycles. The van der Waals surface area contributed by atoms with E-state index in [1.165, 1.54) is 0 Å². The number of carbonyl (C=O) groups is 1. The molecular formula is C20H20N2O3. The van der Waals surface area contributed by atoms with Crippen molar-refractivity contribution in [3.8, 4) is 11.3 Å². The number of nitrogens with zero attached hydrogens (tertiary/aromatic N) is 2. The minimum Gasteiger partial charge on any atom is -0.462 e. The van der Waals surface area contributed by atoms with Crippen molar-refractivity contribution >= 4 is 17.0 Å². The third kappa shape index (κ3) is 3.45. The second kappa shape index (κ2) is 7.30. The van der Waals surface area contributed by atoms with E-state index in [2.05, 4.69) is 4.98 Å². The van der Waals surface area contributed by atoms with Crippen LogP contribution in [0, 0.1) is 0 Å². The Balaban J connectivity index is 1.93. The van der Waals surface area contributed by atoms with Crippen molar-refractivity contribution in [1.82, 2.24) is 9.55 Å². The summed E-state index contributed by atoms with van der Waals surface area (Å²) in [5.41, 5.74) is 2.88. The maximum atomic E-state index is 12.6. The quantitative estimate of drug-likeness (QED) is 0.528. The summed E-state index contributed by atoms with van der Waals surface area (Å²) < 4.78 is 6.78. The van der Waals surface area contributed by atoms with Crippen LogP contribution in [0.3, 0.4) is 0 Å². The largest absolute Gasteiger partial charge is 0.462 e. The molecule has 5 nitrogen and oxygen atoms in total. The topological polar surface area (TPSA) is 61.2 Å². The highest BCUT2D eigenvalue weighted by atomic mass is 16.5. The van der Waals surface area contributed by atoms with E-state index in [4.69, 9.17) is 4.74 Å². The van der Waals surface area contributed by atoms with E-state index in [-0.39, 0.29) is 11.5 Å². The van der Waals surface area contributed by atoms with Crippen LogP contribution < -0.4 is 5.56 Å². The van der Waals surface area contributed by atoms with Gasteiger partial charge in [-0.2, -0.15) is 0 Å². The summed E-state index contributed by atoms with van der Waals surface area (Å²) in [7, 11) is 1.73. The maximum Gasteiger partial charge on any atom is 0.338 e. The normalized spacial score (nSPS) is 10.8. The molecule has 128 valence electrons. The third-order valence-electron chi connectivity index (χ3n) is 4.11. The highest BCUT2D eigenvalue weighted by Crippen LogP contribution is 2.18. The summed E-state index contributed by atoms with van der Waals surface area (Å²) >= 11 is 0. The fraction of sp³-hybridized carbons (Fsp3) is 0.250. The second-order valence-electron chi connectivity index (χ2n) is 5.88. The van der Waals surface area contributed by atoms with Crippen molar-refractivity contribution in [2.45, 2.75) is 19.8 Å². The lowest BCUT2D eigenvalue weighted by atomic mass is 10.1. The number of benzene rings is 2. The van der Waals surface area contributed by atoms with Gasteiger partial charge in [0.1, 0.15) is 5.69 Å². The standard InChI is InChI=1S/C20H20N2O3/c1-3-4-13-25-20(24)15-11-9-14(10-12-15)18-19(23)22(2)17-8-6-5-7-16(17)21-18/h5-12H,3-4,13H2,1-2H3. The van der Waals surface area contributed by atoms with Crippen molar-refractivity contribution < 1.29 is 9.53 Å². The molecule has 0 spiro atoms. The number of hydrogen-bond donors (Lipinski definition) is 0. The Morgan fingerprint density at radius 1 is 1.12 bits per heavy atom. The summed E-state index contributed by atoms with van der Waals surface area (Å²) in [6.07, 6.45) is 1.82. The first-order chi connectivity index (χ1) is 12.1. The number of ether oxygens (including phenoxy) is 1. The van der Waals surface area contributed by atoms with E-state index in [1.54, 1.807) is 35.9 Å². The summed E-state index contributed by atoms with van der Waals surface area (Å²) in [5.74, 6) is -0.348. The van der Waals surface area contributed by atoms with E-state index in [9.17, 15) is 9.59 Å². The number of aryl methyl sites for hydroxylation is 1. The van der Waals surface area contributed by atoms with E-state index < -0.39 is 0 Å². The first-order valence-electron chi connectivity index (χ1n) is 8.35. The second-order valence-corrected chi connectivity index (χ2v) is 5.88. The number of para-hydroxylation sites is 2. The van der Waals surface area contributed by atoms with Gasteiger partial charge in [0, 0.05) is 12.6 Å². The summed E-state index contributed by atoms with van der Waals surface area (Å²) in [5, 5.41) is 0. The Morgan fingerprint density at radius 2 is 1.84 bits per heavy atom. The fourth-order valence-electron chi connectivity index (χ4n) is 2.62. The summed E-state index contributed by atoms with van der Waals surface area (Å²) in [6, 6.07) is 14.3. The van der Waals surface area contributed by atoms with Gasteiger partial charge in [0.15, 0.2) is 0 Å². The Bertz CT molecular complexity index is 959. The number of unbranched alkanes of at least 4 members (excludes halogenated alkanes) is 1. The van der Waals surface area contributed by atoms with Gasteiger partial charge in [-0.25, -0.2) is 9.78 Å². The Kier molecular flexibility index (Phi) is 4.93. The first kappa shape index (κ1) is 16.9. The van der Waals surface area contributed by atoms with Crippen molar-refractivity contribution in [2.24, 2.45) is 7.05 Å². The van der Waals surface area contributed by atoms with Gasteiger partial charge in [0.2, 0.25) is 0 Å². The van der Waals surface area contributed by atoms with E-state index >= 15 is 0 Å². The average Bonchev–Trinajstić information content (AvgIpc) is 2.65. The Hall–Kier alpha value is -2.95. The number of aromatic nitrogens is 2. The zero-order valence-corrected chi connectivity index (χ0v) is 14.4. The molecule has 0 N–H and O–H groups in total. The minimum absolute atomic E-state index is 0.169. The first-order valence-corrected chi connectivity index (χ1v) is 8.35. The molecule has 3 rings (SSSR count). The third-order valence-corrected chi connectivity index (χ3v) is 4.11. The van der Waals surface area contributed by atoms with Gasteiger partial charge < -0.3 is 9.30 Å². The molecule has 0 bridgehead atoms. The molecule has 5 heteroatoms. The van der Waals surface area contributed by atoms with Gasteiger partial charge in [0.25, 0.3) is 5.56 Å². The summed E-state index contributed by atoms with van der Waals surface area (Å²) in [6.45, 7) is 2.46. The van der Waals surface area contributed by atoms with Crippen LogP contribution in [0.25, 0.3) is 22.3 Å². The van der Waals surface area contributed by atoms with Crippen molar-refractivity contribution in [3.63, 3.8) is 0 Å². The minimum atomic E-state index is -0.348. The molecule has 0 unspecified atom stereocenters. The SMILES string of the molecule is CCCCOC(=O)c1ccc(-c2nc3ccccc3n(C)c2=O)cc1. The molecule has 25 heavy (non-hydrogen) atoms. The maximum absolute atomic E-state index is 12.6. The van der Waals surface area contributed by atoms with E-state index in [0.717, 1.165) is 23.9 Å². The number of esters is 1. The van der Waals surface area contributed by atoms with Crippen LogP contribution in [0.1, 0.15) is 30.1 Å². The predicted octanol–water partition coefficient (Wildman–Crippen LogP) is 3.56. The van der Waals surface area contributed by atoms with Crippen LogP contribution in [0.2, 0.25) is 0 Å². The van der Waals surface area contributed by atoms with Crippen molar-refractivity contribution in [3.05, 3.63) is 64.4 Å². The van der Waals surface area contributed by atoms with Crippen molar-refractivity contribution in [2.75, 3.05) is 6.61 Å². The molecule has 0 aliphatic carbocycles. The predicted molar refractivity (Wildman–Crippen MR) is 97.6 cm³/mol. The number of fused-ring (bicyclic) bond motifs is 1. The van der Waals surface area contributed by atoms with Gasteiger partial charge in [-0.3, -0.25) is 4.79 Å². The molecule has 0 aliphatic heterocycles. The molecule has 3 aromatic rings. The van der Waals surface area contributed by atoms with Crippen LogP contribution in [-0.2, 0) is 11.8 Å². The average molecular weight is 336 g/mol. The van der Waals surface area contributed by atoms with Gasteiger partial charge in [-0.05, 0) is 30.7 Å². The molecule has 2 aromatic carbocycles. The zero-order chi connectivity index (χ0) is 17.8. The highest BCUT2D eigenvalue weighted by molar-refractivity contribution is 5.90. The molecule has 0 saturated heterocycles. The number of rotatable bonds is 5. The van der Waals surface area contributed by atoms with Crippen LogP contribution >= 0.6 is 0 Å². The van der Waals surface area contributed by atoms with Crippen molar-refractivity contribution in [1.29, 1.82) is 0 Å². The van der Waals surface area contributed by atoms with E-state index in [0.29, 0.717) is 23.4 Å². The lowest BCUT2D eigenvalue weighted by molar-refractivity contribution is 0.0500. The monoisotopic (exact) mass is 336 g/mol. The molecule has 0 saturated carbocycles. The number of hydrogen-bond acceptors (Lipinski definition) is 4. The smallest absolute Gasteiger partial charge is 0.338 e. The van der Waals surface area contributed by atoms with E-state index in [1.807, 2.05) is 31.2 Å². The number of carbonyl (C=O) groups excluding carboxylic acids is 1. The summed E-state index contributed by atoms with van der Waals surface area (Å²) in [4.78, 5) is 29.0. The van der Waals surface area contributed by atoms with Gasteiger partial charge >= 0.3 is 5.97 Å². The lowest BCUT2D eigenvalue weighted by Crippen LogP contribution is -2.20. The molecular weight excluding hydrogens is 316 g/mol. The highest BCUT2D eigenvalue weighted by Gasteiger charge is 2.12. The molecule has 0 radical (unpaired) electrons. The van der Waals surface area contributed by atoms with Crippen LogP contribution in [0.5, 0.6) is 0 Å². The fourth-order valence-corrected chi connectivity index (χ4v) is 2.62. The Labute approximate surface area is 145 Å². The molecule has 0 aliphatic rings. The molecule has 0 atom stereocenters. The zero-order valence-electron chi connectivity index (χ0n) is 14.4. The Morgan fingerprint density at radius 3 is 2.56 bits per heavy atom. The molecule has 1 heterocycles. The molecule has 0 fully saturated rings. The van der Waals surface area contributed by atoms with Crippen LogP contribution in [-0.4, -0.2) is 22.1 Å². The van der Waals surface area contributed by atoms with Gasteiger partial charge in [-0.15, -0.1) is 0 Å². The van der Waals surface area contributed by atoms with Gasteiger partial charge in [-0.1, -0.05) is 37.6 Å². The lowest BCUT2D eigenvalue weighted by Gasteiger charge is -2.08. The van der Waals surface area contributed by atoms with Crippen LogP contribution in [0.15, 0.2) is 53.3 Å². The van der Waals surface area contributed by atoms with Crippen LogP contribution in [0.4, 0.5) is 0 Å². The van der Waals surface area contributed by atoms with Gasteiger partial charge in [0.05, 0.1) is 23.2 Å².